The summed E-state index contributed by atoms with van der Waals surface area (Å²) < 4.78 is 7.96. The predicted molar refractivity (Wildman–Crippen MR) is 87.7 cm³/mol. The fourth-order valence-electron chi connectivity index (χ4n) is 2.23. The number of hydrogen-bond acceptors (Lipinski definition) is 3. The van der Waals surface area contributed by atoms with Crippen LogP contribution in [-0.4, -0.2) is 16.2 Å². The lowest BCUT2D eigenvalue weighted by atomic mass is 10.1. The van der Waals surface area contributed by atoms with E-state index in [2.05, 4.69) is 49.0 Å². The topological polar surface area (TPSA) is 27.1 Å². The fourth-order valence-corrected chi connectivity index (χ4v) is 2.47. The lowest BCUT2D eigenvalue weighted by Crippen LogP contribution is -2.05. The van der Waals surface area contributed by atoms with Crippen molar-refractivity contribution in [2.75, 3.05) is 6.61 Å². The maximum atomic E-state index is 5.68. The third kappa shape index (κ3) is 3.48. The minimum absolute atomic E-state index is 0.665. The largest absolute Gasteiger partial charge is 0.494 e. The van der Waals surface area contributed by atoms with Gasteiger partial charge in [0.25, 0.3) is 0 Å². The minimum atomic E-state index is 0.665. The van der Waals surface area contributed by atoms with Crippen molar-refractivity contribution in [3.05, 3.63) is 24.0 Å². The summed E-state index contributed by atoms with van der Waals surface area (Å²) in [4.78, 5) is 4.68. The van der Waals surface area contributed by atoms with E-state index in [1.165, 1.54) is 5.52 Å². The van der Waals surface area contributed by atoms with Crippen LogP contribution in [0.4, 0.5) is 0 Å². The molecule has 0 saturated heterocycles. The van der Waals surface area contributed by atoms with Gasteiger partial charge in [-0.2, -0.15) is 12.6 Å². The van der Waals surface area contributed by atoms with E-state index in [4.69, 9.17) is 4.74 Å². The van der Waals surface area contributed by atoms with E-state index in [1.54, 1.807) is 0 Å². The van der Waals surface area contributed by atoms with Crippen LogP contribution >= 0.6 is 12.6 Å². The molecule has 0 N–H and O–H groups in total. The number of benzene rings is 1. The Hall–Kier alpha value is -1.16. The van der Waals surface area contributed by atoms with Gasteiger partial charge >= 0.3 is 0 Å². The molecule has 0 radical (unpaired) electrons. The summed E-state index contributed by atoms with van der Waals surface area (Å²) in [5.41, 5.74) is 2.19. The van der Waals surface area contributed by atoms with Gasteiger partial charge in [-0.05, 0) is 30.9 Å². The Labute approximate surface area is 126 Å². The molecule has 0 amide bonds. The molecule has 0 aliphatic heterocycles. The summed E-state index contributed by atoms with van der Waals surface area (Å²) in [6, 6.07) is 6.18. The Bertz CT molecular complexity index is 563. The molecule has 20 heavy (non-hydrogen) atoms. The van der Waals surface area contributed by atoms with Crippen molar-refractivity contribution in [3.8, 4) is 5.75 Å². The average Bonchev–Trinajstić information content (AvgIpc) is 2.79. The van der Waals surface area contributed by atoms with Crippen molar-refractivity contribution in [3.63, 3.8) is 0 Å². The Kier molecular flexibility index (Phi) is 5.35. The van der Waals surface area contributed by atoms with Crippen LogP contribution in [-0.2, 0) is 12.3 Å². The van der Waals surface area contributed by atoms with E-state index < -0.39 is 0 Å². The van der Waals surface area contributed by atoms with Crippen LogP contribution in [0.3, 0.4) is 0 Å². The van der Waals surface area contributed by atoms with Gasteiger partial charge in [-0.3, -0.25) is 0 Å². The Morgan fingerprint density at radius 2 is 2.15 bits per heavy atom. The van der Waals surface area contributed by atoms with Gasteiger partial charge in [0.05, 0.1) is 17.6 Å². The zero-order valence-electron chi connectivity index (χ0n) is 12.6. The summed E-state index contributed by atoms with van der Waals surface area (Å²) in [7, 11) is 0. The molecule has 0 aliphatic carbocycles. The highest BCUT2D eigenvalue weighted by Crippen LogP contribution is 2.23. The second-order valence-corrected chi connectivity index (χ2v) is 5.84. The first-order valence-electron chi connectivity index (χ1n) is 7.38. The van der Waals surface area contributed by atoms with E-state index in [0.29, 0.717) is 11.7 Å². The van der Waals surface area contributed by atoms with Crippen molar-refractivity contribution in [1.82, 2.24) is 9.55 Å². The molecule has 2 rings (SSSR count). The number of thiol groups is 1. The van der Waals surface area contributed by atoms with Crippen LogP contribution in [0.2, 0.25) is 0 Å². The molecule has 2 aromatic rings. The lowest BCUT2D eigenvalue weighted by molar-refractivity contribution is 0.318. The maximum absolute atomic E-state index is 5.68. The van der Waals surface area contributed by atoms with E-state index in [9.17, 15) is 0 Å². The van der Waals surface area contributed by atoms with E-state index >= 15 is 0 Å². The third-order valence-corrected chi connectivity index (χ3v) is 3.63. The first kappa shape index (κ1) is 15.2. The summed E-state index contributed by atoms with van der Waals surface area (Å²) in [6.07, 6.45) is 2.17. The number of aryl methyl sites for hydroxylation is 1. The number of ether oxygens (including phenoxy) is 1. The number of imidazole rings is 1. The fraction of sp³-hybridized carbons (Fsp3) is 0.562. The molecule has 0 spiro atoms. The third-order valence-electron chi connectivity index (χ3n) is 3.34. The van der Waals surface area contributed by atoms with Crippen molar-refractivity contribution in [1.29, 1.82) is 0 Å². The van der Waals surface area contributed by atoms with Gasteiger partial charge in [-0.1, -0.05) is 20.8 Å². The number of hydrogen-bond donors (Lipinski definition) is 1. The van der Waals surface area contributed by atoms with Crippen LogP contribution in [0, 0.1) is 5.92 Å². The van der Waals surface area contributed by atoms with Crippen LogP contribution in [0.1, 0.15) is 39.4 Å². The highest BCUT2D eigenvalue weighted by Gasteiger charge is 2.11. The Morgan fingerprint density at radius 3 is 2.80 bits per heavy atom. The molecule has 1 heterocycles. The van der Waals surface area contributed by atoms with Crippen LogP contribution in [0.15, 0.2) is 18.2 Å². The van der Waals surface area contributed by atoms with Gasteiger partial charge in [0.1, 0.15) is 11.6 Å². The molecule has 0 fully saturated rings. The Balaban J connectivity index is 2.31. The molecule has 1 aromatic heterocycles. The first-order chi connectivity index (χ1) is 9.65. The highest BCUT2D eigenvalue weighted by molar-refractivity contribution is 7.79. The molecule has 4 heteroatoms. The lowest BCUT2D eigenvalue weighted by Gasteiger charge is -2.10. The van der Waals surface area contributed by atoms with Gasteiger partial charge in [-0.15, -0.1) is 0 Å². The monoisotopic (exact) mass is 292 g/mol. The van der Waals surface area contributed by atoms with Gasteiger partial charge in [-0.25, -0.2) is 4.98 Å². The number of aromatic nitrogens is 2. The predicted octanol–water partition coefficient (Wildman–Crippen LogP) is 4.30. The molecule has 1 aromatic carbocycles. The maximum Gasteiger partial charge on any atom is 0.121 e. The molecule has 3 nitrogen and oxygen atoms in total. The molecule has 0 unspecified atom stereocenters. The summed E-state index contributed by atoms with van der Waals surface area (Å²) in [5.74, 6) is 3.29. The summed E-state index contributed by atoms with van der Waals surface area (Å²) in [6.45, 7) is 8.35. The molecule has 110 valence electrons. The average molecular weight is 292 g/mol. The smallest absolute Gasteiger partial charge is 0.121 e. The van der Waals surface area contributed by atoms with Crippen LogP contribution in [0.25, 0.3) is 11.0 Å². The molecular formula is C16H24N2OS. The van der Waals surface area contributed by atoms with Crippen LogP contribution in [0.5, 0.6) is 5.75 Å². The van der Waals surface area contributed by atoms with Crippen molar-refractivity contribution in [2.45, 2.75) is 45.9 Å². The van der Waals surface area contributed by atoms with Crippen LogP contribution < -0.4 is 4.74 Å². The van der Waals surface area contributed by atoms with Gasteiger partial charge in [0, 0.05) is 18.4 Å². The zero-order chi connectivity index (χ0) is 14.5. The summed E-state index contributed by atoms with van der Waals surface area (Å²) in [5, 5.41) is 0. The minimum Gasteiger partial charge on any atom is -0.494 e. The second-order valence-electron chi connectivity index (χ2n) is 5.52. The molecule has 0 bridgehead atoms. The number of rotatable bonds is 7. The van der Waals surface area contributed by atoms with Gasteiger partial charge < -0.3 is 9.30 Å². The second kappa shape index (κ2) is 7.02. The molecule has 0 atom stereocenters. The number of fused-ring (bicyclic) bond motifs is 1. The van der Waals surface area contributed by atoms with Gasteiger partial charge in [0.2, 0.25) is 0 Å². The quantitative estimate of drug-likeness (QED) is 0.770. The standard InChI is InChI=1S/C16H24N2OS/c1-4-9-19-13-5-6-15-14(10-13)17-16(11-20)18(15)8-7-12(2)3/h5-6,10,12,20H,4,7-9,11H2,1-3H3. The van der Waals surface area contributed by atoms with Crippen molar-refractivity contribution in [2.24, 2.45) is 5.92 Å². The first-order valence-corrected chi connectivity index (χ1v) is 8.01. The Morgan fingerprint density at radius 1 is 1.35 bits per heavy atom. The van der Waals surface area contributed by atoms with E-state index in [-0.39, 0.29) is 0 Å². The SMILES string of the molecule is CCCOc1ccc2c(c1)nc(CS)n2CCC(C)C. The molecular weight excluding hydrogens is 268 g/mol. The van der Waals surface area contributed by atoms with Gasteiger partial charge in [0.15, 0.2) is 0 Å². The van der Waals surface area contributed by atoms with Crippen molar-refractivity contribution >= 4 is 23.7 Å². The van der Waals surface area contributed by atoms with E-state index in [0.717, 1.165) is 43.1 Å². The van der Waals surface area contributed by atoms with Crippen molar-refractivity contribution < 1.29 is 4.74 Å². The molecule has 0 aliphatic rings. The molecule has 0 saturated carbocycles. The number of nitrogens with zero attached hydrogens (tertiary/aromatic N) is 2. The zero-order valence-corrected chi connectivity index (χ0v) is 13.5. The summed E-state index contributed by atoms with van der Waals surface area (Å²) >= 11 is 4.40. The normalized spacial score (nSPS) is 11.4. The van der Waals surface area contributed by atoms with E-state index in [1.807, 2.05) is 12.1 Å². The highest BCUT2D eigenvalue weighted by atomic mass is 32.1.